The molecule has 0 saturated heterocycles. The number of para-hydroxylation sites is 1. The first kappa shape index (κ1) is 23.3. The van der Waals surface area contributed by atoms with Gasteiger partial charge in [-0.1, -0.05) is 23.7 Å². The molecule has 11 heteroatoms. The number of hydrogen-bond acceptors (Lipinski definition) is 7. The van der Waals surface area contributed by atoms with Gasteiger partial charge in [-0.3, -0.25) is 14.0 Å². The Labute approximate surface area is 204 Å². The molecule has 0 spiro atoms. The first-order chi connectivity index (χ1) is 16.5. The predicted octanol–water partition coefficient (Wildman–Crippen LogP) is 3.77. The van der Waals surface area contributed by atoms with Crippen LogP contribution in [0.3, 0.4) is 0 Å². The van der Waals surface area contributed by atoms with Gasteiger partial charge in [-0.2, -0.15) is 5.10 Å². The zero-order chi connectivity index (χ0) is 23.9. The fourth-order valence-corrected chi connectivity index (χ4v) is 3.92. The molecule has 0 aliphatic rings. The number of nitrogens with zero attached hydrogens (tertiary/aromatic N) is 3. The van der Waals surface area contributed by atoms with Crippen LogP contribution in [0, 0.1) is 0 Å². The van der Waals surface area contributed by atoms with Crippen molar-refractivity contribution in [3.05, 3.63) is 76.5 Å². The van der Waals surface area contributed by atoms with Gasteiger partial charge in [0.2, 0.25) is 5.91 Å². The highest BCUT2D eigenvalue weighted by molar-refractivity contribution is 7.15. The number of halogens is 1. The molecule has 4 rings (SSSR count). The second kappa shape index (κ2) is 10.8. The van der Waals surface area contributed by atoms with Gasteiger partial charge in [-0.05, 0) is 35.9 Å². The number of benzene rings is 2. The molecule has 0 atom stereocenters. The van der Waals surface area contributed by atoms with Crippen molar-refractivity contribution in [2.75, 3.05) is 19.0 Å². The number of anilines is 1. The highest BCUT2D eigenvalue weighted by atomic mass is 35.5. The Morgan fingerprint density at radius 3 is 2.85 bits per heavy atom. The fourth-order valence-electron chi connectivity index (χ4n) is 3.02. The lowest BCUT2D eigenvalue weighted by Gasteiger charge is -2.12. The van der Waals surface area contributed by atoms with Crippen molar-refractivity contribution in [1.82, 2.24) is 14.8 Å². The minimum absolute atomic E-state index is 0.123. The number of amides is 2. The standard InChI is InChI=1S/C23H20ClN5O4S/c1-32-20-10-15(12-25-28-21(30)11-16-13-29-8-9-34-23(29)26-16)6-7-19(20)33-14-22(31)27-18-5-3-2-4-17(18)24/h2-10,12-13H,11,14H2,1H3,(H,27,31)(H,28,30). The summed E-state index contributed by atoms with van der Waals surface area (Å²) >= 11 is 7.55. The molecule has 2 N–H and O–H groups in total. The molecule has 2 amide bonds. The van der Waals surface area contributed by atoms with E-state index in [1.54, 1.807) is 42.5 Å². The third kappa shape index (κ3) is 5.91. The van der Waals surface area contributed by atoms with Crippen molar-refractivity contribution in [3.8, 4) is 11.5 Å². The summed E-state index contributed by atoms with van der Waals surface area (Å²) in [6.07, 6.45) is 5.31. The molecule has 2 heterocycles. The second-order valence-electron chi connectivity index (χ2n) is 7.02. The van der Waals surface area contributed by atoms with Crippen molar-refractivity contribution >= 4 is 51.6 Å². The Morgan fingerprint density at radius 1 is 1.21 bits per heavy atom. The summed E-state index contributed by atoms with van der Waals surface area (Å²) < 4.78 is 12.8. The summed E-state index contributed by atoms with van der Waals surface area (Å²) in [5, 5.41) is 9.04. The summed E-state index contributed by atoms with van der Waals surface area (Å²) in [6.45, 7) is -0.225. The number of hydrogen-bond donors (Lipinski definition) is 2. The van der Waals surface area contributed by atoms with Gasteiger partial charge in [-0.25, -0.2) is 10.4 Å². The zero-order valence-electron chi connectivity index (χ0n) is 18.0. The van der Waals surface area contributed by atoms with Gasteiger partial charge in [-0.15, -0.1) is 11.3 Å². The van der Waals surface area contributed by atoms with Gasteiger partial charge in [0.25, 0.3) is 5.91 Å². The summed E-state index contributed by atoms with van der Waals surface area (Å²) in [4.78, 5) is 29.5. The van der Waals surface area contributed by atoms with E-state index in [0.29, 0.717) is 33.5 Å². The fraction of sp³-hybridized carbons (Fsp3) is 0.130. The number of rotatable bonds is 9. The molecule has 174 valence electrons. The molecule has 0 radical (unpaired) electrons. The predicted molar refractivity (Wildman–Crippen MR) is 131 cm³/mol. The van der Waals surface area contributed by atoms with Crippen molar-refractivity contribution in [2.24, 2.45) is 5.10 Å². The van der Waals surface area contributed by atoms with Crippen molar-refractivity contribution in [2.45, 2.75) is 6.42 Å². The maximum Gasteiger partial charge on any atom is 0.262 e. The van der Waals surface area contributed by atoms with Crippen LogP contribution in [0.5, 0.6) is 11.5 Å². The van der Waals surface area contributed by atoms with Crippen molar-refractivity contribution < 1.29 is 19.1 Å². The Morgan fingerprint density at radius 2 is 2.06 bits per heavy atom. The molecule has 0 aliphatic carbocycles. The Bertz CT molecular complexity index is 1320. The first-order valence-electron chi connectivity index (χ1n) is 10.1. The molecular formula is C23H20ClN5O4S. The topological polar surface area (TPSA) is 106 Å². The SMILES string of the molecule is COc1cc(C=NNC(=O)Cc2cn3ccsc3n2)ccc1OCC(=O)Nc1ccccc1Cl. The van der Waals surface area contributed by atoms with Crippen LogP contribution in [0.15, 0.2) is 65.3 Å². The number of imidazole rings is 1. The molecule has 0 unspecified atom stereocenters. The lowest BCUT2D eigenvalue weighted by atomic mass is 10.2. The third-order valence-electron chi connectivity index (χ3n) is 4.58. The van der Waals surface area contributed by atoms with Crippen LogP contribution in [0.25, 0.3) is 4.96 Å². The summed E-state index contributed by atoms with van der Waals surface area (Å²) in [7, 11) is 1.49. The highest BCUT2D eigenvalue weighted by Gasteiger charge is 2.11. The van der Waals surface area contributed by atoms with Crippen LogP contribution in [-0.2, 0) is 16.0 Å². The van der Waals surface area contributed by atoms with E-state index in [1.807, 2.05) is 22.2 Å². The van der Waals surface area contributed by atoms with Crippen LogP contribution in [0.2, 0.25) is 5.02 Å². The molecule has 34 heavy (non-hydrogen) atoms. The van der Waals surface area contributed by atoms with E-state index in [4.69, 9.17) is 21.1 Å². The lowest BCUT2D eigenvalue weighted by molar-refractivity contribution is -0.120. The molecule has 9 nitrogen and oxygen atoms in total. The summed E-state index contributed by atoms with van der Waals surface area (Å²) in [5.74, 6) is 0.163. The third-order valence-corrected chi connectivity index (χ3v) is 5.68. The molecule has 2 aromatic heterocycles. The first-order valence-corrected chi connectivity index (χ1v) is 11.4. The molecular weight excluding hydrogens is 478 g/mol. The molecule has 0 saturated carbocycles. The number of hydrazone groups is 1. The quantitative estimate of drug-likeness (QED) is 0.270. The zero-order valence-corrected chi connectivity index (χ0v) is 19.6. The van der Waals surface area contributed by atoms with Gasteiger partial charge in [0.15, 0.2) is 23.1 Å². The molecule has 4 aromatic rings. The van der Waals surface area contributed by atoms with E-state index in [1.165, 1.54) is 24.7 Å². The van der Waals surface area contributed by atoms with Crippen molar-refractivity contribution in [3.63, 3.8) is 0 Å². The van der Waals surface area contributed by atoms with Gasteiger partial charge < -0.3 is 14.8 Å². The van der Waals surface area contributed by atoms with Gasteiger partial charge in [0.1, 0.15) is 0 Å². The maximum atomic E-state index is 12.2. The minimum atomic E-state index is -0.360. The largest absolute Gasteiger partial charge is 0.493 e. The van der Waals surface area contributed by atoms with E-state index in [9.17, 15) is 9.59 Å². The van der Waals surface area contributed by atoms with Gasteiger partial charge in [0.05, 0.1) is 36.1 Å². The normalized spacial score (nSPS) is 11.0. The van der Waals surface area contributed by atoms with Crippen LogP contribution >= 0.6 is 22.9 Å². The number of aromatic nitrogens is 2. The summed E-state index contributed by atoms with van der Waals surface area (Å²) in [6, 6.07) is 12.0. The number of carbonyl (C=O) groups is 2. The monoisotopic (exact) mass is 497 g/mol. The molecule has 2 aromatic carbocycles. The Kier molecular flexibility index (Phi) is 7.41. The number of thiazole rings is 1. The average molecular weight is 498 g/mol. The molecule has 0 bridgehead atoms. The highest BCUT2D eigenvalue weighted by Crippen LogP contribution is 2.28. The van der Waals surface area contributed by atoms with Gasteiger partial charge >= 0.3 is 0 Å². The number of nitrogens with one attached hydrogen (secondary N) is 2. The Hall–Kier alpha value is -3.89. The van der Waals surface area contributed by atoms with Crippen LogP contribution in [0.4, 0.5) is 5.69 Å². The maximum absolute atomic E-state index is 12.2. The van der Waals surface area contributed by atoms with Crippen molar-refractivity contribution in [1.29, 1.82) is 0 Å². The van der Waals surface area contributed by atoms with Crippen LogP contribution in [-0.4, -0.2) is 41.1 Å². The van der Waals surface area contributed by atoms with Crippen LogP contribution in [0.1, 0.15) is 11.3 Å². The Balaban J connectivity index is 1.29. The second-order valence-corrected chi connectivity index (χ2v) is 8.30. The van der Waals surface area contributed by atoms with E-state index in [0.717, 1.165) is 4.96 Å². The number of carbonyl (C=O) groups excluding carboxylic acids is 2. The molecule has 0 aliphatic heterocycles. The van der Waals surface area contributed by atoms with E-state index in [2.05, 4.69) is 20.8 Å². The van der Waals surface area contributed by atoms with Crippen LogP contribution < -0.4 is 20.2 Å². The number of ether oxygens (including phenoxy) is 2. The number of fused-ring (bicyclic) bond motifs is 1. The van der Waals surface area contributed by atoms with E-state index in [-0.39, 0.29) is 24.8 Å². The summed E-state index contributed by atoms with van der Waals surface area (Å²) in [5.41, 5.74) is 4.33. The van der Waals surface area contributed by atoms with Gasteiger partial charge in [0, 0.05) is 17.8 Å². The number of methoxy groups -OCH3 is 1. The molecule has 0 fully saturated rings. The van der Waals surface area contributed by atoms with E-state index < -0.39 is 0 Å². The van der Waals surface area contributed by atoms with E-state index >= 15 is 0 Å². The lowest BCUT2D eigenvalue weighted by Crippen LogP contribution is -2.20. The smallest absolute Gasteiger partial charge is 0.262 e. The minimum Gasteiger partial charge on any atom is -0.493 e. The average Bonchev–Trinajstić information content (AvgIpc) is 3.41.